The quantitative estimate of drug-likeness (QED) is 0.0913. The number of benzene rings is 19. The van der Waals surface area contributed by atoms with Gasteiger partial charge in [-0.05, 0) is 331 Å². The molecule has 2 spiro atoms. The van der Waals surface area contributed by atoms with Crippen LogP contribution in [0.2, 0.25) is 0 Å². The molecule has 1 atom stereocenters. The molecule has 1 aromatic heterocycles. The lowest BCUT2D eigenvalue weighted by atomic mass is 9.47. The lowest BCUT2D eigenvalue weighted by Gasteiger charge is -2.52. The molecule has 83 heavy (non-hydrogen) atoms. The normalized spacial score (nSPS) is 21.8. The van der Waals surface area contributed by atoms with Crippen molar-refractivity contribution in [2.24, 2.45) is 5.10 Å². The monoisotopic (exact) mass is 1080 g/mol. The van der Waals surface area contributed by atoms with Crippen LogP contribution in [0.25, 0.3) is 291 Å². The summed E-state index contributed by atoms with van der Waals surface area (Å²) < 4.78 is 0. The molecule has 0 radical (unpaired) electrons. The third kappa shape index (κ3) is 2.12. The van der Waals surface area contributed by atoms with Gasteiger partial charge in [0, 0.05) is 12.6 Å². The van der Waals surface area contributed by atoms with Crippen molar-refractivity contribution >= 4 is 340 Å². The molecule has 10 heteroatoms. The van der Waals surface area contributed by atoms with Crippen molar-refractivity contribution in [1.29, 1.82) is 0 Å². The molecule has 0 bridgehead atoms. The molecule has 35 rings (SSSR count). The van der Waals surface area contributed by atoms with Crippen molar-refractivity contribution in [3.05, 3.63) is 57.6 Å². The Morgan fingerprint density at radius 3 is 0.880 bits per heavy atom. The number of likely N-dealkylation sites (tertiary alicyclic amines) is 1. The van der Waals surface area contributed by atoms with Crippen LogP contribution in [0, 0.1) is 0 Å². The number of hydrogen-bond acceptors (Lipinski definition) is 8. The number of rotatable bonds is 4. The lowest BCUT2D eigenvalue weighted by Crippen LogP contribution is -2.51. The first-order chi connectivity index (χ1) is 40.1. The number of hydrazone groups is 1. The Labute approximate surface area is 466 Å². The first kappa shape index (κ1) is 35.2. The van der Waals surface area contributed by atoms with E-state index in [4.69, 9.17) is 11.5 Å². The first-order valence-corrected chi connectivity index (χ1v) is 29.2. The number of nitrogens with two attached hydrogens (primary N) is 2. The van der Waals surface area contributed by atoms with E-state index in [0.29, 0.717) is 0 Å². The largest absolute Gasteiger partial charge is 0.368 e. The molecule has 0 saturated carbocycles. The Morgan fingerprint density at radius 2 is 0.614 bits per heavy atom. The van der Waals surface area contributed by atoms with Gasteiger partial charge in [0.25, 0.3) is 0 Å². The fourth-order valence-electron chi connectivity index (χ4n) is 26.9. The van der Waals surface area contributed by atoms with Crippen LogP contribution in [0.5, 0.6) is 0 Å². The highest BCUT2D eigenvalue weighted by molar-refractivity contribution is 6.82. The summed E-state index contributed by atoms with van der Waals surface area (Å²) in [6, 6.07) is 9.56. The summed E-state index contributed by atoms with van der Waals surface area (Å²) in [7, 11) is 2.53. The second kappa shape index (κ2) is 8.47. The van der Waals surface area contributed by atoms with Gasteiger partial charge < -0.3 is 11.5 Å². The molecule has 4 aliphatic carbocycles. The number of halogens is 2. The van der Waals surface area contributed by atoms with Gasteiger partial charge in [0.05, 0.1) is 17.0 Å². The summed E-state index contributed by atoms with van der Waals surface area (Å²) in [4.78, 5) is 15.3. The predicted octanol–water partition coefficient (Wildman–Crippen LogP) is 17.6. The zero-order chi connectivity index (χ0) is 49.3. The number of anilines is 3. The van der Waals surface area contributed by atoms with Crippen LogP contribution >= 0.6 is 24.8 Å². The first-order valence-electron chi connectivity index (χ1n) is 29.2. The highest BCUT2D eigenvalue weighted by atomic mass is 35.5. The standard InChI is InChI=1S/C73H16N8.2ClH/c1-81-7-72-64-56-48-38-28-20-12-10-11-14-18-16(12)24-32-26(18)36-30-22(14)23-15(11)19-17-13(10)21(20)29-35-25(17)33-27(19)37-31(23)41-40(30)52-46(36)54-44(32)50(42(48)34(24)28)58(64)60(54)66-62(52)63-53(41)47(37)55-45(33)51-43(35)49(39(29)38)57(56)65(72)59(51)61(55)67(63)73(66,72)68(81)9-4-2-8(3-5-9)6-76-80-71-78-69(74)77-70(75)79-71;;/h2-6,68H,7H2,1H3,(H5,74,75,77,78,79,80);2*1H/b76-6+;;. The van der Waals surface area contributed by atoms with E-state index in [1.54, 1.807) is 313 Å². The summed E-state index contributed by atoms with van der Waals surface area (Å²) in [5.41, 5.74) is 23.3. The highest BCUT2D eigenvalue weighted by Crippen LogP contribution is 2.87. The van der Waals surface area contributed by atoms with Crippen molar-refractivity contribution in [2.45, 2.75) is 16.9 Å². The van der Waals surface area contributed by atoms with E-state index in [0.717, 1.165) is 12.1 Å². The van der Waals surface area contributed by atoms with E-state index in [-0.39, 0.29) is 54.1 Å². The Morgan fingerprint density at radius 1 is 0.373 bits per heavy atom. The minimum Gasteiger partial charge on any atom is -0.368 e. The van der Waals surface area contributed by atoms with Crippen molar-refractivity contribution in [3.63, 3.8) is 0 Å². The molecule has 0 amide bonds. The van der Waals surface area contributed by atoms with Gasteiger partial charge in [0.2, 0.25) is 17.8 Å². The van der Waals surface area contributed by atoms with Gasteiger partial charge in [-0.2, -0.15) is 20.1 Å². The average Bonchev–Trinajstić information content (AvgIpc) is 1.39. The Balaban J connectivity index is 0.00000197. The fraction of sp³-hybridized carbons (Fsp3) is 0.0685. The summed E-state index contributed by atoms with van der Waals surface area (Å²) in [6.45, 7) is 0.971. The number of nitrogens with zero attached hydrogens (tertiary/aromatic N) is 5. The molecule has 1 saturated heterocycles. The summed E-state index contributed by atoms with van der Waals surface area (Å²) in [5.74, 6) is 0.341. The van der Waals surface area contributed by atoms with E-state index in [9.17, 15) is 0 Å². The molecule has 2 heterocycles. The second-order valence-electron chi connectivity index (χ2n) is 28.2. The molecule has 30 aromatic rings. The Bertz CT molecular complexity index is 7860. The minimum atomic E-state index is -0.414. The number of nitrogen functional groups attached to an aromatic ring is 2. The molecule has 5 N–H and O–H groups in total. The number of aromatic nitrogens is 3. The molecule has 1 fully saturated rings. The maximum Gasteiger partial charge on any atom is 0.250 e. The Hall–Kier alpha value is -9.70. The van der Waals surface area contributed by atoms with E-state index in [1.165, 1.54) is 5.56 Å². The summed E-state index contributed by atoms with van der Waals surface area (Å²) >= 11 is 0. The van der Waals surface area contributed by atoms with Crippen molar-refractivity contribution in [3.8, 4) is 0 Å². The van der Waals surface area contributed by atoms with Crippen molar-refractivity contribution in [2.75, 3.05) is 30.5 Å². The van der Waals surface area contributed by atoms with Crippen molar-refractivity contribution in [1.82, 2.24) is 19.9 Å². The van der Waals surface area contributed by atoms with Gasteiger partial charge in [-0.25, -0.2) is 5.43 Å². The molecule has 29 aromatic carbocycles. The topological polar surface area (TPSA) is 118 Å². The third-order valence-corrected chi connectivity index (χ3v) is 27.2. The van der Waals surface area contributed by atoms with Crippen LogP contribution in [0.4, 0.5) is 17.8 Å². The molecule has 364 valence electrons. The Kier molecular flexibility index (Phi) is 3.59. The predicted molar refractivity (Wildman–Crippen MR) is 350 cm³/mol. The molecular formula is C73H18Cl2N8. The van der Waals surface area contributed by atoms with Crippen molar-refractivity contribution < 1.29 is 0 Å². The van der Waals surface area contributed by atoms with Crippen LogP contribution in [-0.4, -0.2) is 39.7 Å². The molecule has 1 unspecified atom stereocenters. The van der Waals surface area contributed by atoms with E-state index < -0.39 is 5.41 Å². The van der Waals surface area contributed by atoms with Gasteiger partial charge in [-0.3, -0.25) is 4.90 Å². The van der Waals surface area contributed by atoms with Gasteiger partial charge in [-0.15, -0.1) is 24.8 Å². The van der Waals surface area contributed by atoms with E-state index in [1.807, 2.05) is 6.21 Å². The van der Waals surface area contributed by atoms with E-state index in [2.05, 4.69) is 61.7 Å². The second-order valence-corrected chi connectivity index (χ2v) is 28.2. The van der Waals surface area contributed by atoms with Gasteiger partial charge >= 0.3 is 0 Å². The number of nitrogens with one attached hydrogen (secondary N) is 1. The van der Waals surface area contributed by atoms with Gasteiger partial charge in [0.15, 0.2) is 0 Å². The smallest absolute Gasteiger partial charge is 0.250 e. The molecule has 5 aliphatic rings. The summed E-state index contributed by atoms with van der Waals surface area (Å²) in [5, 5.41) is 93.0. The van der Waals surface area contributed by atoms with Crippen LogP contribution < -0.4 is 16.9 Å². The summed E-state index contributed by atoms with van der Waals surface area (Å²) in [6.07, 6.45) is 1.85. The molecular weight excluding hydrogens is 1060 g/mol. The fourth-order valence-corrected chi connectivity index (χ4v) is 26.9. The SMILES string of the molecule is CN1CC23c4c5c6c7c8c9c(c%10c%11c2c2c4c4c%12c5c5c6c6c8c8c%13c9c9c%10c%10c%11c%11c2c2c4c4c%12c%12c5c5c6c8c6c8c%13c9c9c%10c%10c%11c2c2c4c4c%12c5c6c5c8c9c%10c2c45)C73C1c1ccc(/C=N/Nc2nc(N)nc(N)n2)cc1.Cl.Cl. The minimum absolute atomic E-state index is 0. The highest BCUT2D eigenvalue weighted by Gasteiger charge is 2.75. The number of hydrogen-bond donors (Lipinski definition) is 3. The zero-order valence-electron chi connectivity index (χ0n) is 42.4. The van der Waals surface area contributed by atoms with Crippen LogP contribution in [0.15, 0.2) is 29.4 Å². The van der Waals surface area contributed by atoms with Crippen LogP contribution in [-0.2, 0) is 10.8 Å². The van der Waals surface area contributed by atoms with Gasteiger partial charge in [-0.1, -0.05) is 24.3 Å². The molecule has 8 nitrogen and oxygen atoms in total. The number of likely N-dealkylation sites (N-methyl/N-ethyl adjacent to an activating group) is 1. The third-order valence-electron chi connectivity index (χ3n) is 27.2. The van der Waals surface area contributed by atoms with Crippen LogP contribution in [0.1, 0.15) is 39.4 Å². The maximum atomic E-state index is 5.94. The van der Waals surface area contributed by atoms with E-state index >= 15 is 0 Å². The maximum absolute atomic E-state index is 5.94. The lowest BCUT2D eigenvalue weighted by molar-refractivity contribution is 0.271. The molecule has 1 aliphatic heterocycles. The van der Waals surface area contributed by atoms with Gasteiger partial charge in [0.1, 0.15) is 0 Å². The zero-order valence-corrected chi connectivity index (χ0v) is 44.0. The average molecular weight is 1080 g/mol. The van der Waals surface area contributed by atoms with Crippen LogP contribution in [0.3, 0.4) is 0 Å².